The third-order valence-corrected chi connectivity index (χ3v) is 4.07. The summed E-state index contributed by atoms with van der Waals surface area (Å²) in [6.07, 6.45) is 1.38. The summed E-state index contributed by atoms with van der Waals surface area (Å²) in [7, 11) is 0. The number of carbonyl (C=O) groups is 1. The molecule has 0 heterocycles. The van der Waals surface area contributed by atoms with Crippen molar-refractivity contribution < 1.29 is 4.79 Å². The summed E-state index contributed by atoms with van der Waals surface area (Å²) in [6, 6.07) is 16.5. The van der Waals surface area contributed by atoms with E-state index in [9.17, 15) is 4.79 Å². The van der Waals surface area contributed by atoms with Crippen molar-refractivity contribution in [3.63, 3.8) is 0 Å². The SMILES string of the molecule is N#C/C(=C/Nc1ccccc1Br)C(=O)NCc1ccccc1Cl. The van der Waals surface area contributed by atoms with Crippen LogP contribution in [0.15, 0.2) is 64.8 Å². The zero-order chi connectivity index (χ0) is 16.7. The normalized spacial score (nSPS) is 10.7. The summed E-state index contributed by atoms with van der Waals surface area (Å²) in [4.78, 5) is 12.1. The first-order valence-corrected chi connectivity index (χ1v) is 7.92. The molecular formula is C17H13BrClN3O. The van der Waals surface area contributed by atoms with Crippen LogP contribution in [-0.4, -0.2) is 5.91 Å². The molecule has 0 aliphatic carbocycles. The molecule has 0 aliphatic heterocycles. The number of amides is 1. The van der Waals surface area contributed by atoms with Gasteiger partial charge in [-0.25, -0.2) is 0 Å². The van der Waals surface area contributed by atoms with E-state index < -0.39 is 5.91 Å². The lowest BCUT2D eigenvalue weighted by Gasteiger charge is -2.07. The van der Waals surface area contributed by atoms with Crippen LogP contribution >= 0.6 is 27.5 Å². The van der Waals surface area contributed by atoms with Crippen molar-refractivity contribution >= 4 is 39.1 Å². The van der Waals surface area contributed by atoms with Crippen LogP contribution in [0, 0.1) is 11.3 Å². The fraction of sp³-hybridized carbons (Fsp3) is 0.0588. The standard InChI is InChI=1S/C17H13BrClN3O/c18-14-6-2-4-8-16(14)21-11-13(9-20)17(23)22-10-12-5-1-3-7-15(12)19/h1-8,11,21H,10H2,(H,22,23)/b13-11-. The molecule has 6 heteroatoms. The maximum absolute atomic E-state index is 12.1. The summed E-state index contributed by atoms with van der Waals surface area (Å²) < 4.78 is 0.838. The second-order valence-electron chi connectivity index (χ2n) is 4.57. The molecule has 2 N–H and O–H groups in total. The van der Waals surface area contributed by atoms with Crippen LogP contribution in [0.5, 0.6) is 0 Å². The minimum absolute atomic E-state index is 0.0205. The number of rotatable bonds is 5. The summed E-state index contributed by atoms with van der Waals surface area (Å²) >= 11 is 9.42. The molecule has 0 saturated heterocycles. The zero-order valence-corrected chi connectivity index (χ0v) is 14.4. The van der Waals surface area contributed by atoms with Crippen LogP contribution in [-0.2, 0) is 11.3 Å². The van der Waals surface area contributed by atoms with Gasteiger partial charge < -0.3 is 10.6 Å². The van der Waals surface area contributed by atoms with E-state index in [4.69, 9.17) is 16.9 Å². The largest absolute Gasteiger partial charge is 0.359 e. The Balaban J connectivity index is 2.01. The molecule has 0 aliphatic rings. The average Bonchev–Trinajstić information content (AvgIpc) is 2.56. The molecule has 0 radical (unpaired) electrons. The highest BCUT2D eigenvalue weighted by Crippen LogP contribution is 2.21. The van der Waals surface area contributed by atoms with Crippen LogP contribution < -0.4 is 10.6 Å². The summed E-state index contributed by atoms with van der Waals surface area (Å²) in [5.74, 6) is -0.466. The van der Waals surface area contributed by atoms with Crippen molar-refractivity contribution in [2.45, 2.75) is 6.54 Å². The Labute approximate surface area is 147 Å². The maximum atomic E-state index is 12.1. The molecular weight excluding hydrogens is 378 g/mol. The number of nitriles is 1. The van der Waals surface area contributed by atoms with E-state index in [-0.39, 0.29) is 12.1 Å². The first-order chi connectivity index (χ1) is 11.1. The van der Waals surface area contributed by atoms with Gasteiger partial charge in [-0.3, -0.25) is 4.79 Å². The Kier molecular flexibility index (Phi) is 6.21. The predicted octanol–water partition coefficient (Wildman–Crippen LogP) is 4.24. The van der Waals surface area contributed by atoms with Crippen molar-refractivity contribution in [2.24, 2.45) is 0 Å². The minimum atomic E-state index is -0.466. The summed E-state index contributed by atoms with van der Waals surface area (Å²) in [5.41, 5.74) is 1.53. The Morgan fingerprint density at radius 3 is 2.61 bits per heavy atom. The summed E-state index contributed by atoms with van der Waals surface area (Å²) in [5, 5.41) is 15.3. The van der Waals surface area contributed by atoms with Gasteiger partial charge in [-0.2, -0.15) is 5.26 Å². The van der Waals surface area contributed by atoms with Crippen LogP contribution in [0.25, 0.3) is 0 Å². The number of para-hydroxylation sites is 1. The van der Waals surface area contributed by atoms with Gasteiger partial charge in [0.2, 0.25) is 0 Å². The van der Waals surface area contributed by atoms with E-state index in [1.54, 1.807) is 6.07 Å². The quantitative estimate of drug-likeness (QED) is 0.593. The molecule has 116 valence electrons. The van der Waals surface area contributed by atoms with Crippen LogP contribution in [0.4, 0.5) is 5.69 Å². The van der Waals surface area contributed by atoms with Crippen LogP contribution in [0.2, 0.25) is 5.02 Å². The fourth-order valence-corrected chi connectivity index (χ4v) is 2.39. The maximum Gasteiger partial charge on any atom is 0.263 e. The van der Waals surface area contributed by atoms with Gasteiger partial charge in [0.25, 0.3) is 5.91 Å². The second kappa shape index (κ2) is 8.37. The lowest BCUT2D eigenvalue weighted by molar-refractivity contribution is -0.117. The molecule has 0 bridgehead atoms. The molecule has 2 aromatic rings. The monoisotopic (exact) mass is 389 g/mol. The second-order valence-corrected chi connectivity index (χ2v) is 5.83. The third kappa shape index (κ3) is 4.85. The minimum Gasteiger partial charge on any atom is -0.359 e. The smallest absolute Gasteiger partial charge is 0.263 e. The predicted molar refractivity (Wildman–Crippen MR) is 94.8 cm³/mol. The topological polar surface area (TPSA) is 64.9 Å². The number of carbonyl (C=O) groups excluding carboxylic acids is 1. The van der Waals surface area contributed by atoms with Gasteiger partial charge in [0.15, 0.2) is 0 Å². The highest BCUT2D eigenvalue weighted by Gasteiger charge is 2.09. The van der Waals surface area contributed by atoms with Gasteiger partial charge in [0.05, 0.1) is 5.69 Å². The first-order valence-electron chi connectivity index (χ1n) is 6.74. The van der Waals surface area contributed by atoms with Crippen molar-refractivity contribution in [3.05, 3.63) is 75.4 Å². The van der Waals surface area contributed by atoms with Gasteiger partial charge >= 0.3 is 0 Å². The van der Waals surface area contributed by atoms with E-state index in [1.165, 1.54) is 6.20 Å². The van der Waals surface area contributed by atoms with Gasteiger partial charge in [-0.1, -0.05) is 41.9 Å². The van der Waals surface area contributed by atoms with E-state index in [0.717, 1.165) is 15.7 Å². The molecule has 0 aromatic heterocycles. The molecule has 2 rings (SSSR count). The molecule has 0 saturated carbocycles. The highest BCUT2D eigenvalue weighted by atomic mass is 79.9. The van der Waals surface area contributed by atoms with Gasteiger partial charge in [-0.15, -0.1) is 0 Å². The average molecular weight is 391 g/mol. The van der Waals surface area contributed by atoms with Crippen molar-refractivity contribution in [3.8, 4) is 6.07 Å². The lowest BCUT2D eigenvalue weighted by Crippen LogP contribution is -2.24. The van der Waals surface area contributed by atoms with E-state index in [0.29, 0.717) is 5.02 Å². The molecule has 0 unspecified atom stereocenters. The molecule has 0 atom stereocenters. The lowest BCUT2D eigenvalue weighted by atomic mass is 10.2. The molecule has 0 fully saturated rings. The number of benzene rings is 2. The number of halogens is 2. The Morgan fingerprint density at radius 2 is 1.91 bits per heavy atom. The number of hydrogen-bond donors (Lipinski definition) is 2. The summed E-state index contributed by atoms with van der Waals surface area (Å²) in [6.45, 7) is 0.257. The van der Waals surface area contributed by atoms with E-state index in [1.807, 2.05) is 48.5 Å². The van der Waals surface area contributed by atoms with Gasteiger partial charge in [0.1, 0.15) is 11.6 Å². The van der Waals surface area contributed by atoms with E-state index >= 15 is 0 Å². The molecule has 23 heavy (non-hydrogen) atoms. The number of hydrogen-bond acceptors (Lipinski definition) is 3. The third-order valence-electron chi connectivity index (χ3n) is 3.01. The Hall–Kier alpha value is -2.29. The number of nitrogens with zero attached hydrogens (tertiary/aromatic N) is 1. The molecule has 0 spiro atoms. The molecule has 1 amide bonds. The first kappa shape index (κ1) is 17.1. The van der Waals surface area contributed by atoms with Crippen molar-refractivity contribution in [1.29, 1.82) is 5.26 Å². The van der Waals surface area contributed by atoms with Crippen LogP contribution in [0.3, 0.4) is 0 Å². The molecule has 4 nitrogen and oxygen atoms in total. The van der Waals surface area contributed by atoms with Crippen molar-refractivity contribution in [2.75, 3.05) is 5.32 Å². The van der Waals surface area contributed by atoms with Gasteiger partial charge in [-0.05, 0) is 39.7 Å². The highest BCUT2D eigenvalue weighted by molar-refractivity contribution is 9.10. The molecule has 2 aromatic carbocycles. The number of anilines is 1. The van der Waals surface area contributed by atoms with Crippen LogP contribution in [0.1, 0.15) is 5.56 Å². The van der Waals surface area contributed by atoms with Crippen molar-refractivity contribution in [1.82, 2.24) is 5.32 Å². The Bertz CT molecular complexity index is 783. The number of nitrogens with one attached hydrogen (secondary N) is 2. The van der Waals surface area contributed by atoms with Gasteiger partial charge in [0, 0.05) is 22.2 Å². The fourth-order valence-electron chi connectivity index (χ4n) is 1.79. The Morgan fingerprint density at radius 1 is 1.22 bits per heavy atom. The van der Waals surface area contributed by atoms with E-state index in [2.05, 4.69) is 26.6 Å². The zero-order valence-electron chi connectivity index (χ0n) is 12.0.